The third-order valence-electron chi connectivity index (χ3n) is 7.53. The van der Waals surface area contributed by atoms with E-state index in [1.807, 2.05) is 18.2 Å². The highest BCUT2D eigenvalue weighted by atomic mass is 32.1. The fraction of sp³-hybridized carbons (Fsp3) is 0.414. The molecule has 2 aliphatic rings. The van der Waals surface area contributed by atoms with Crippen molar-refractivity contribution in [2.24, 2.45) is 5.92 Å². The van der Waals surface area contributed by atoms with Crippen molar-refractivity contribution in [2.75, 3.05) is 24.6 Å². The number of aromatic nitrogens is 3. The van der Waals surface area contributed by atoms with E-state index in [0.717, 1.165) is 74.6 Å². The molecule has 2 fully saturated rings. The van der Waals surface area contributed by atoms with Crippen molar-refractivity contribution in [1.29, 1.82) is 0 Å². The summed E-state index contributed by atoms with van der Waals surface area (Å²) in [6.07, 6.45) is 4.16. The van der Waals surface area contributed by atoms with Gasteiger partial charge in [0.2, 0.25) is 5.88 Å². The Bertz CT molecular complexity index is 1440. The topological polar surface area (TPSA) is 89.7 Å². The standard InChI is InChI=1S/C29H32N4O4S/c1-19-5-7-23(38-19)18-37-28-4-2-3-26(31-28)32-12-9-20(10-13-32)15-27-30-24-8-6-21(29(34)35)16-25(24)33(27)17-22-11-14-36-22/h2-8,16,20,22H,9-15,17-18H2,1H3,(H,34,35)/t22-/m0/s1. The zero-order valence-corrected chi connectivity index (χ0v) is 22.3. The van der Waals surface area contributed by atoms with Crippen LogP contribution >= 0.6 is 11.3 Å². The Morgan fingerprint density at radius 2 is 1.97 bits per heavy atom. The number of anilines is 1. The molecule has 0 spiro atoms. The Hall–Kier alpha value is -3.43. The van der Waals surface area contributed by atoms with Crippen LogP contribution in [0.25, 0.3) is 11.0 Å². The minimum absolute atomic E-state index is 0.172. The van der Waals surface area contributed by atoms with Crippen molar-refractivity contribution in [3.05, 3.63) is 69.7 Å². The molecule has 0 bridgehead atoms. The molecule has 8 nitrogen and oxygen atoms in total. The van der Waals surface area contributed by atoms with Crippen LogP contribution in [0.4, 0.5) is 5.82 Å². The Morgan fingerprint density at radius 3 is 2.68 bits per heavy atom. The summed E-state index contributed by atoms with van der Waals surface area (Å²) in [7, 11) is 0. The highest BCUT2D eigenvalue weighted by Gasteiger charge is 2.26. The smallest absolute Gasteiger partial charge is 0.335 e. The summed E-state index contributed by atoms with van der Waals surface area (Å²) >= 11 is 1.75. The zero-order valence-electron chi connectivity index (χ0n) is 21.5. The predicted octanol–water partition coefficient (Wildman–Crippen LogP) is 5.33. The van der Waals surface area contributed by atoms with Crippen LogP contribution in [0.3, 0.4) is 0 Å². The Morgan fingerprint density at radius 1 is 1.13 bits per heavy atom. The minimum atomic E-state index is -0.918. The van der Waals surface area contributed by atoms with E-state index in [2.05, 4.69) is 34.6 Å². The molecule has 0 radical (unpaired) electrons. The van der Waals surface area contributed by atoms with E-state index in [-0.39, 0.29) is 11.7 Å². The second-order valence-corrected chi connectivity index (χ2v) is 11.6. The molecule has 5 heterocycles. The second kappa shape index (κ2) is 10.7. The molecule has 198 valence electrons. The summed E-state index contributed by atoms with van der Waals surface area (Å²) in [5, 5.41) is 9.49. The number of ether oxygens (including phenoxy) is 2. The summed E-state index contributed by atoms with van der Waals surface area (Å²) in [5.74, 6) is 2.22. The number of imidazole rings is 1. The Balaban J connectivity index is 1.11. The number of carboxylic acids is 1. The average molecular weight is 533 g/mol. The third kappa shape index (κ3) is 5.39. The van der Waals surface area contributed by atoms with Crippen LogP contribution in [0, 0.1) is 12.8 Å². The fourth-order valence-electron chi connectivity index (χ4n) is 5.29. The molecule has 4 aromatic rings. The summed E-state index contributed by atoms with van der Waals surface area (Å²) in [6, 6.07) is 15.4. The summed E-state index contributed by atoms with van der Waals surface area (Å²) in [5.41, 5.74) is 2.02. The number of pyridine rings is 1. The van der Waals surface area contributed by atoms with Gasteiger partial charge in [-0.25, -0.2) is 9.78 Å². The Labute approximate surface area is 225 Å². The summed E-state index contributed by atoms with van der Waals surface area (Å²) < 4.78 is 13.9. The van der Waals surface area contributed by atoms with E-state index in [1.165, 1.54) is 9.75 Å². The summed E-state index contributed by atoms with van der Waals surface area (Å²) in [4.78, 5) is 26.1. The van der Waals surface area contributed by atoms with Gasteiger partial charge in [-0.15, -0.1) is 11.3 Å². The largest absolute Gasteiger partial charge is 0.478 e. The van der Waals surface area contributed by atoms with Crippen LogP contribution in [-0.4, -0.2) is 51.4 Å². The molecule has 9 heteroatoms. The van der Waals surface area contributed by atoms with Crippen molar-refractivity contribution < 1.29 is 19.4 Å². The number of aryl methyl sites for hydroxylation is 1. The molecule has 0 saturated carbocycles. The van der Waals surface area contributed by atoms with Gasteiger partial charge >= 0.3 is 5.97 Å². The zero-order chi connectivity index (χ0) is 26.1. The van der Waals surface area contributed by atoms with E-state index in [9.17, 15) is 9.90 Å². The lowest BCUT2D eigenvalue weighted by molar-refractivity contribution is -0.0590. The molecule has 6 rings (SSSR count). The molecule has 3 aromatic heterocycles. The maximum Gasteiger partial charge on any atom is 0.335 e. The van der Waals surface area contributed by atoms with Crippen LogP contribution in [0.1, 0.15) is 45.2 Å². The number of aromatic carboxylic acids is 1. The second-order valence-electron chi connectivity index (χ2n) is 10.2. The van der Waals surface area contributed by atoms with E-state index in [4.69, 9.17) is 19.4 Å². The van der Waals surface area contributed by atoms with Gasteiger partial charge in [-0.2, -0.15) is 4.98 Å². The van der Waals surface area contributed by atoms with Gasteiger partial charge in [0, 0.05) is 41.9 Å². The van der Waals surface area contributed by atoms with Crippen molar-refractivity contribution in [2.45, 2.75) is 51.9 Å². The van der Waals surface area contributed by atoms with Crippen molar-refractivity contribution in [3.63, 3.8) is 0 Å². The molecular weight excluding hydrogens is 500 g/mol. The first kappa shape index (κ1) is 24.9. The fourth-order valence-corrected chi connectivity index (χ4v) is 6.09. The average Bonchev–Trinajstić information content (AvgIpc) is 3.47. The number of benzene rings is 1. The Kier molecular flexibility index (Phi) is 7.04. The highest BCUT2D eigenvalue weighted by molar-refractivity contribution is 7.11. The van der Waals surface area contributed by atoms with Crippen molar-refractivity contribution >= 4 is 34.2 Å². The SMILES string of the molecule is Cc1ccc(COc2cccc(N3CCC(Cc4nc5ccc(C(=O)O)cc5n4C[C@@H]4CCO4)CC3)n2)s1. The van der Waals surface area contributed by atoms with Gasteiger partial charge in [0.15, 0.2) is 0 Å². The number of nitrogens with zero attached hydrogens (tertiary/aromatic N) is 4. The number of fused-ring (bicyclic) bond motifs is 1. The summed E-state index contributed by atoms with van der Waals surface area (Å²) in [6.45, 7) is 6.01. The number of hydrogen-bond acceptors (Lipinski definition) is 7. The highest BCUT2D eigenvalue weighted by Crippen LogP contribution is 2.29. The number of carbonyl (C=O) groups is 1. The molecule has 2 aliphatic heterocycles. The van der Waals surface area contributed by atoms with Gasteiger partial charge in [-0.1, -0.05) is 6.07 Å². The van der Waals surface area contributed by atoms with Gasteiger partial charge in [-0.3, -0.25) is 0 Å². The lowest BCUT2D eigenvalue weighted by atomic mass is 9.93. The van der Waals surface area contributed by atoms with Crippen LogP contribution in [-0.2, 0) is 24.3 Å². The van der Waals surface area contributed by atoms with Gasteiger partial charge in [0.25, 0.3) is 0 Å². The van der Waals surface area contributed by atoms with E-state index in [0.29, 0.717) is 18.4 Å². The van der Waals surface area contributed by atoms with Gasteiger partial charge < -0.3 is 24.0 Å². The number of carboxylic acid groups (broad SMARTS) is 1. The molecule has 1 aromatic carbocycles. The van der Waals surface area contributed by atoms with Crippen molar-refractivity contribution in [3.8, 4) is 5.88 Å². The molecule has 1 N–H and O–H groups in total. The van der Waals surface area contributed by atoms with Crippen LogP contribution < -0.4 is 9.64 Å². The first-order chi connectivity index (χ1) is 18.5. The van der Waals surface area contributed by atoms with Gasteiger partial charge in [0.1, 0.15) is 18.2 Å². The van der Waals surface area contributed by atoms with Gasteiger partial charge in [0.05, 0.1) is 29.2 Å². The molecule has 0 unspecified atom stereocenters. The van der Waals surface area contributed by atoms with Crippen LogP contribution in [0.15, 0.2) is 48.5 Å². The molecule has 1 atom stereocenters. The molecular formula is C29H32N4O4S. The van der Waals surface area contributed by atoms with E-state index >= 15 is 0 Å². The predicted molar refractivity (Wildman–Crippen MR) is 147 cm³/mol. The number of piperidine rings is 1. The molecule has 2 saturated heterocycles. The first-order valence-electron chi connectivity index (χ1n) is 13.3. The third-order valence-corrected chi connectivity index (χ3v) is 8.50. The van der Waals surface area contributed by atoms with Crippen LogP contribution in [0.2, 0.25) is 0 Å². The lowest BCUT2D eigenvalue weighted by Gasteiger charge is -2.33. The maximum atomic E-state index is 11.6. The monoisotopic (exact) mass is 532 g/mol. The molecule has 0 aliphatic carbocycles. The maximum absolute atomic E-state index is 11.6. The quantitative estimate of drug-likeness (QED) is 0.312. The first-order valence-corrected chi connectivity index (χ1v) is 14.1. The van der Waals surface area contributed by atoms with E-state index < -0.39 is 5.97 Å². The lowest BCUT2D eigenvalue weighted by Crippen LogP contribution is -2.35. The molecule has 38 heavy (non-hydrogen) atoms. The number of thiophene rings is 1. The van der Waals surface area contributed by atoms with Crippen molar-refractivity contribution in [1.82, 2.24) is 14.5 Å². The normalized spacial score (nSPS) is 18.0. The minimum Gasteiger partial charge on any atom is -0.478 e. The van der Waals surface area contributed by atoms with Crippen LogP contribution in [0.5, 0.6) is 5.88 Å². The van der Waals surface area contributed by atoms with Gasteiger partial charge in [-0.05, 0) is 68.5 Å². The van der Waals surface area contributed by atoms with E-state index in [1.54, 1.807) is 23.5 Å². The molecule has 0 amide bonds. The number of hydrogen-bond donors (Lipinski definition) is 1. The number of rotatable bonds is 9.